The van der Waals surface area contributed by atoms with Crippen LogP contribution >= 0.6 is 11.6 Å². The molecule has 1 aromatic carbocycles. The number of carbonyl (C=O) groups is 1. The van der Waals surface area contributed by atoms with E-state index in [1.54, 1.807) is 30.1 Å². The van der Waals surface area contributed by atoms with Crippen molar-refractivity contribution in [1.29, 1.82) is 0 Å². The lowest BCUT2D eigenvalue weighted by Gasteiger charge is -2.11. The Kier molecular flexibility index (Phi) is 4.87. The molecule has 1 amide bonds. The molecule has 0 aliphatic heterocycles. The minimum atomic E-state index is -0.167. The van der Waals surface area contributed by atoms with E-state index in [0.29, 0.717) is 23.9 Å². The first-order valence-corrected chi connectivity index (χ1v) is 8.05. The van der Waals surface area contributed by atoms with Gasteiger partial charge in [-0.2, -0.15) is 5.10 Å². The largest absolute Gasteiger partial charge is 0.383 e. The molecule has 0 saturated carbocycles. The van der Waals surface area contributed by atoms with Crippen LogP contribution < -0.4 is 5.32 Å². The number of hydrogen-bond donors (Lipinski definition) is 2. The Labute approximate surface area is 144 Å². The first kappa shape index (κ1) is 16.5. The minimum Gasteiger partial charge on any atom is -0.383 e. The summed E-state index contributed by atoms with van der Waals surface area (Å²) in [6.45, 7) is 3.20. The molecule has 2 N–H and O–H groups in total. The van der Waals surface area contributed by atoms with E-state index < -0.39 is 0 Å². The predicted octanol–water partition coefficient (Wildman–Crippen LogP) is 3.16. The fourth-order valence-corrected chi connectivity index (χ4v) is 2.67. The number of nitrogens with one attached hydrogen (secondary N) is 2. The number of amides is 1. The van der Waals surface area contributed by atoms with Crippen molar-refractivity contribution < 1.29 is 9.53 Å². The van der Waals surface area contributed by atoms with Crippen LogP contribution in [0, 0.1) is 0 Å². The second kappa shape index (κ2) is 7.07. The lowest BCUT2D eigenvalue weighted by atomic mass is 10.2. The summed E-state index contributed by atoms with van der Waals surface area (Å²) in [5.74, 6) is -0.167. The molecular formula is C17H19ClN4O2. The molecule has 0 saturated heterocycles. The molecule has 1 atom stereocenters. The van der Waals surface area contributed by atoms with Crippen LogP contribution in [0.15, 0.2) is 36.7 Å². The monoisotopic (exact) mass is 346 g/mol. The van der Waals surface area contributed by atoms with E-state index in [1.165, 1.54) is 0 Å². The van der Waals surface area contributed by atoms with E-state index >= 15 is 0 Å². The third-order valence-electron chi connectivity index (χ3n) is 3.85. The Morgan fingerprint density at radius 2 is 2.29 bits per heavy atom. The molecular weight excluding hydrogens is 328 g/mol. The maximum absolute atomic E-state index is 12.4. The minimum absolute atomic E-state index is 0.149. The highest BCUT2D eigenvalue weighted by molar-refractivity contribution is 6.31. The maximum atomic E-state index is 12.4. The topological polar surface area (TPSA) is 71.9 Å². The molecule has 2 heterocycles. The highest BCUT2D eigenvalue weighted by atomic mass is 35.5. The second-order valence-corrected chi connectivity index (χ2v) is 6.08. The van der Waals surface area contributed by atoms with Gasteiger partial charge in [0.15, 0.2) is 0 Å². The third-order valence-corrected chi connectivity index (χ3v) is 4.09. The molecule has 0 bridgehead atoms. The number of benzene rings is 1. The number of aromatic nitrogens is 3. The van der Waals surface area contributed by atoms with Gasteiger partial charge >= 0.3 is 0 Å². The van der Waals surface area contributed by atoms with Gasteiger partial charge in [-0.05, 0) is 31.2 Å². The van der Waals surface area contributed by atoms with Crippen molar-refractivity contribution in [1.82, 2.24) is 20.1 Å². The van der Waals surface area contributed by atoms with Crippen LogP contribution in [0.4, 0.5) is 0 Å². The number of aromatic amines is 1. The number of H-pyrrole nitrogens is 1. The van der Waals surface area contributed by atoms with Gasteiger partial charge in [-0.25, -0.2) is 0 Å². The summed E-state index contributed by atoms with van der Waals surface area (Å²) >= 11 is 5.98. The van der Waals surface area contributed by atoms with Gasteiger partial charge in [0.1, 0.15) is 5.69 Å². The van der Waals surface area contributed by atoms with Crippen LogP contribution in [0.25, 0.3) is 10.9 Å². The quantitative estimate of drug-likeness (QED) is 0.720. The second-order valence-electron chi connectivity index (χ2n) is 5.64. The number of methoxy groups -OCH3 is 1. The summed E-state index contributed by atoms with van der Waals surface area (Å²) in [7, 11) is 1.65. The predicted molar refractivity (Wildman–Crippen MR) is 93.3 cm³/mol. The van der Waals surface area contributed by atoms with E-state index in [-0.39, 0.29) is 11.9 Å². The van der Waals surface area contributed by atoms with E-state index in [1.807, 2.05) is 25.3 Å². The highest BCUT2D eigenvalue weighted by Gasteiger charge is 2.15. The Bertz CT molecular complexity index is 855. The van der Waals surface area contributed by atoms with Crippen molar-refractivity contribution in [3.05, 3.63) is 52.9 Å². The van der Waals surface area contributed by atoms with E-state index in [0.717, 1.165) is 16.5 Å². The molecule has 2 aromatic heterocycles. The molecule has 0 radical (unpaired) electrons. The van der Waals surface area contributed by atoms with Gasteiger partial charge < -0.3 is 15.0 Å². The van der Waals surface area contributed by atoms with Crippen LogP contribution in [-0.4, -0.2) is 34.4 Å². The molecule has 7 heteroatoms. The van der Waals surface area contributed by atoms with Crippen molar-refractivity contribution in [3.63, 3.8) is 0 Å². The van der Waals surface area contributed by atoms with Crippen LogP contribution in [-0.2, 0) is 11.3 Å². The Morgan fingerprint density at radius 1 is 1.46 bits per heavy atom. The van der Waals surface area contributed by atoms with Crippen molar-refractivity contribution in [2.45, 2.75) is 19.5 Å². The van der Waals surface area contributed by atoms with Crippen molar-refractivity contribution in [3.8, 4) is 0 Å². The zero-order chi connectivity index (χ0) is 17.1. The lowest BCUT2D eigenvalue weighted by Crippen LogP contribution is -2.26. The first-order chi connectivity index (χ1) is 11.6. The number of nitrogens with zero attached hydrogens (tertiary/aromatic N) is 2. The summed E-state index contributed by atoms with van der Waals surface area (Å²) in [5, 5.41) is 8.79. The highest BCUT2D eigenvalue weighted by Crippen LogP contribution is 2.20. The molecule has 0 spiro atoms. The summed E-state index contributed by atoms with van der Waals surface area (Å²) in [6, 6.07) is 7.12. The average Bonchev–Trinajstić information content (AvgIpc) is 3.19. The molecule has 0 fully saturated rings. The number of fused-ring (bicyclic) bond motifs is 1. The Balaban J connectivity index is 1.69. The number of hydrogen-bond acceptors (Lipinski definition) is 3. The van der Waals surface area contributed by atoms with Crippen molar-refractivity contribution in [2.24, 2.45) is 0 Å². The molecule has 6 nitrogen and oxygen atoms in total. The number of carbonyl (C=O) groups excluding carboxylic acids is 1. The molecule has 1 unspecified atom stereocenters. The number of ether oxygens (including phenoxy) is 1. The molecule has 0 aliphatic rings. The van der Waals surface area contributed by atoms with Crippen molar-refractivity contribution in [2.75, 3.05) is 13.7 Å². The molecule has 3 rings (SSSR count). The summed E-state index contributed by atoms with van der Waals surface area (Å²) in [5.41, 5.74) is 2.33. The van der Waals surface area contributed by atoms with Gasteiger partial charge in [0.2, 0.25) is 0 Å². The lowest BCUT2D eigenvalue weighted by molar-refractivity contribution is 0.0935. The summed E-state index contributed by atoms with van der Waals surface area (Å²) in [4.78, 5) is 15.5. The van der Waals surface area contributed by atoms with Gasteiger partial charge in [-0.1, -0.05) is 11.6 Å². The SMILES string of the molecule is COCCn1cc(C(C)NC(=O)c2cc3cc(Cl)ccc3[nH]2)cn1. The maximum Gasteiger partial charge on any atom is 0.268 e. The molecule has 24 heavy (non-hydrogen) atoms. The number of halogens is 1. The van der Waals surface area contributed by atoms with Gasteiger partial charge in [0.25, 0.3) is 5.91 Å². The van der Waals surface area contributed by atoms with Gasteiger partial charge in [-0.3, -0.25) is 9.48 Å². The van der Waals surface area contributed by atoms with E-state index in [2.05, 4.69) is 15.4 Å². The fraction of sp³-hybridized carbons (Fsp3) is 0.294. The normalized spacial score (nSPS) is 12.5. The Hall–Kier alpha value is -2.31. The van der Waals surface area contributed by atoms with Gasteiger partial charge in [0, 0.05) is 34.8 Å². The average molecular weight is 347 g/mol. The fourth-order valence-electron chi connectivity index (χ4n) is 2.49. The van der Waals surface area contributed by atoms with Crippen LogP contribution in [0.2, 0.25) is 5.02 Å². The summed E-state index contributed by atoms with van der Waals surface area (Å²) < 4.78 is 6.83. The standard InChI is InChI=1S/C17H19ClN4O2/c1-11(13-9-19-22(10-13)5-6-24-2)20-17(23)16-8-12-7-14(18)3-4-15(12)21-16/h3-4,7-11,21H,5-6H2,1-2H3,(H,20,23). The number of rotatable bonds is 6. The van der Waals surface area contributed by atoms with E-state index in [9.17, 15) is 4.79 Å². The van der Waals surface area contributed by atoms with Gasteiger partial charge in [0.05, 0.1) is 25.4 Å². The zero-order valence-electron chi connectivity index (χ0n) is 13.5. The smallest absolute Gasteiger partial charge is 0.268 e. The first-order valence-electron chi connectivity index (χ1n) is 7.67. The zero-order valence-corrected chi connectivity index (χ0v) is 14.3. The van der Waals surface area contributed by atoms with Crippen LogP contribution in [0.1, 0.15) is 29.0 Å². The Morgan fingerprint density at radius 3 is 3.08 bits per heavy atom. The molecule has 0 aliphatic carbocycles. The van der Waals surface area contributed by atoms with Crippen LogP contribution in [0.3, 0.4) is 0 Å². The van der Waals surface area contributed by atoms with Crippen LogP contribution in [0.5, 0.6) is 0 Å². The van der Waals surface area contributed by atoms with Gasteiger partial charge in [-0.15, -0.1) is 0 Å². The van der Waals surface area contributed by atoms with E-state index in [4.69, 9.17) is 16.3 Å². The molecule has 3 aromatic rings. The third kappa shape index (κ3) is 3.60. The van der Waals surface area contributed by atoms with Crippen molar-refractivity contribution >= 4 is 28.4 Å². The molecule has 126 valence electrons. The summed E-state index contributed by atoms with van der Waals surface area (Å²) in [6.07, 6.45) is 3.67.